The molecule has 12 heteroatoms. The van der Waals surface area contributed by atoms with Gasteiger partial charge in [-0.25, -0.2) is 4.79 Å². The van der Waals surface area contributed by atoms with Crippen molar-refractivity contribution in [2.75, 3.05) is 0 Å². The van der Waals surface area contributed by atoms with Crippen LogP contribution in [0.3, 0.4) is 0 Å². The third kappa shape index (κ3) is 16.5. The zero-order chi connectivity index (χ0) is 10.6. The molecule has 0 aliphatic rings. The zero-order valence-corrected chi connectivity index (χ0v) is 18.8. The summed E-state index contributed by atoms with van der Waals surface area (Å²) in [6.45, 7) is 0. The van der Waals surface area contributed by atoms with Crippen LogP contribution in [0.25, 0.3) is 0 Å². The molecule has 0 aliphatic carbocycles. The Bertz CT molecular complexity index is 267. The summed E-state index contributed by atoms with van der Waals surface area (Å²) in [4.78, 5) is 30.5. The Labute approximate surface area is 199 Å². The first-order chi connectivity index (χ1) is 5.78. The van der Waals surface area contributed by atoms with E-state index in [0.717, 1.165) is 0 Å². The van der Waals surface area contributed by atoms with Crippen molar-refractivity contribution < 1.29 is 131 Å². The molecule has 0 radical (unpaired) electrons. The van der Waals surface area contributed by atoms with Crippen molar-refractivity contribution in [2.24, 2.45) is 0 Å². The molecule has 0 amide bonds. The van der Waals surface area contributed by atoms with Gasteiger partial charge in [-0.15, -0.1) is 12.4 Å². The minimum atomic E-state index is -2.74. The fraction of sp³-hybridized carbons (Fsp3) is 0.500. The fourth-order valence-electron chi connectivity index (χ4n) is 0.714. The molecule has 0 saturated heterocycles. The molecule has 92 valence electrons. The van der Waals surface area contributed by atoms with Crippen LogP contribution in [-0.2, 0) is 14.4 Å². The summed E-state index contributed by atoms with van der Waals surface area (Å²) in [7, 11) is 0. The predicted molar refractivity (Wildman–Crippen MR) is 55.7 cm³/mol. The molecule has 0 aromatic rings. The van der Waals surface area contributed by atoms with Crippen molar-refractivity contribution in [2.45, 2.75) is 18.4 Å². The number of carboxylic acids is 3. The number of aliphatic carboxylic acids is 3. The van der Waals surface area contributed by atoms with E-state index < -0.39 is 36.4 Å². The molecule has 0 bridgehead atoms. The van der Waals surface area contributed by atoms with Gasteiger partial charge in [0.05, 0.1) is 12.8 Å². The van der Waals surface area contributed by atoms with E-state index in [-0.39, 0.29) is 131 Å². The first-order valence-electron chi connectivity index (χ1n) is 3.17. The van der Waals surface area contributed by atoms with Crippen LogP contribution in [0.15, 0.2) is 0 Å². The van der Waals surface area contributed by atoms with Gasteiger partial charge in [0.15, 0.2) is 5.60 Å². The summed E-state index contributed by atoms with van der Waals surface area (Å²) < 4.78 is 0. The number of hydrogen-bond donors (Lipinski definition) is 4. The molecule has 0 saturated carbocycles. The zero-order valence-electron chi connectivity index (χ0n) is 15.5. The second-order valence-corrected chi connectivity index (χ2v) is 2.48. The summed E-state index contributed by atoms with van der Waals surface area (Å²) in [5, 5.41) is 33.8. The van der Waals surface area contributed by atoms with Gasteiger partial charge in [-0.05, 0) is 0 Å². The Morgan fingerprint density at radius 1 is 0.889 bits per heavy atom. The third-order valence-electron chi connectivity index (χ3n) is 1.29. The van der Waals surface area contributed by atoms with Crippen LogP contribution in [0.4, 0.5) is 0 Å². The number of carboxylic acid groups (broad SMARTS) is 3. The topological polar surface area (TPSA) is 132 Å². The van der Waals surface area contributed by atoms with Crippen molar-refractivity contribution >= 4 is 53.4 Å². The Morgan fingerprint density at radius 3 is 1.22 bits per heavy atom. The van der Waals surface area contributed by atoms with Gasteiger partial charge in [-0.2, -0.15) is 0 Å². The monoisotopic (exact) mass is 326 g/mol. The van der Waals surface area contributed by atoms with E-state index in [4.69, 9.17) is 20.4 Å². The molecule has 0 heterocycles. The summed E-state index contributed by atoms with van der Waals surface area (Å²) in [6.07, 6.45) is -2.29. The SMILES string of the molecule is Cl.O=C(O)CC(O)(CC(=O)O)C(=O)O.[H-].[H-].[H-].[H-].[H-].[Mg+2].[Na+].[Na+].[Na+]. The van der Waals surface area contributed by atoms with E-state index in [2.05, 4.69) is 0 Å². The second-order valence-electron chi connectivity index (χ2n) is 2.48. The Hall–Kier alpha value is 2.43. The molecule has 0 atom stereocenters. The van der Waals surface area contributed by atoms with Crippen LogP contribution in [-0.4, -0.2) is 67.0 Å². The maximum absolute atomic E-state index is 10.3. The van der Waals surface area contributed by atoms with Gasteiger partial charge in [-0.1, -0.05) is 0 Å². The van der Waals surface area contributed by atoms with Gasteiger partial charge in [-0.3, -0.25) is 9.59 Å². The summed E-state index contributed by atoms with van der Waals surface area (Å²) in [6, 6.07) is 0. The number of halogens is 1. The molecule has 0 unspecified atom stereocenters. The van der Waals surface area contributed by atoms with Crippen molar-refractivity contribution in [1.29, 1.82) is 0 Å². The first-order valence-corrected chi connectivity index (χ1v) is 3.17. The number of carbonyl (C=O) groups is 3. The number of rotatable bonds is 5. The summed E-state index contributed by atoms with van der Waals surface area (Å²) in [5.74, 6) is -5.02. The first kappa shape index (κ1) is 37.0. The van der Waals surface area contributed by atoms with Gasteiger partial charge >= 0.3 is 130 Å². The largest absolute Gasteiger partial charge is 2.00 e. The molecular weight excluding hydrogens is 313 g/mol. The van der Waals surface area contributed by atoms with E-state index in [1.54, 1.807) is 0 Å². The quantitative estimate of drug-likeness (QED) is 0.369. The van der Waals surface area contributed by atoms with Crippen LogP contribution >= 0.6 is 12.4 Å². The maximum Gasteiger partial charge on any atom is 2.00 e. The smallest absolute Gasteiger partial charge is 1.00 e. The maximum atomic E-state index is 10.3. The number of aliphatic hydroxyl groups is 1. The fourth-order valence-corrected chi connectivity index (χ4v) is 0.714. The molecule has 0 spiro atoms. The molecule has 4 N–H and O–H groups in total. The van der Waals surface area contributed by atoms with Crippen LogP contribution < -0.4 is 88.7 Å². The molecule has 0 fully saturated rings. The average Bonchev–Trinajstić information content (AvgIpc) is 1.82. The predicted octanol–water partition coefficient (Wildman–Crippen LogP) is -9.63. The Morgan fingerprint density at radius 2 is 1.11 bits per heavy atom. The molecular formula is C6H14ClMgNa3O7. The van der Waals surface area contributed by atoms with Crippen molar-refractivity contribution in [3.8, 4) is 0 Å². The van der Waals surface area contributed by atoms with E-state index >= 15 is 0 Å². The minimum absolute atomic E-state index is 0. The van der Waals surface area contributed by atoms with E-state index in [0.29, 0.717) is 0 Å². The van der Waals surface area contributed by atoms with E-state index in [1.165, 1.54) is 0 Å². The van der Waals surface area contributed by atoms with Gasteiger partial charge in [0.2, 0.25) is 0 Å². The van der Waals surface area contributed by atoms with Crippen LogP contribution in [0.1, 0.15) is 20.0 Å². The van der Waals surface area contributed by atoms with Crippen LogP contribution in [0.5, 0.6) is 0 Å². The molecule has 7 nitrogen and oxygen atoms in total. The Balaban J connectivity index is -0.0000000160. The summed E-state index contributed by atoms with van der Waals surface area (Å²) >= 11 is 0. The number of hydrogen-bond acceptors (Lipinski definition) is 4. The molecule has 0 rings (SSSR count). The minimum Gasteiger partial charge on any atom is -1.00 e. The standard InChI is InChI=1S/C6H8O7.ClH.Mg.3Na.5H/c7-3(8)1-6(13,5(11)12)2-4(9)10;;;;;;;;;;/h13H,1-2H2,(H,7,8)(H,9,10)(H,11,12);1H;;;;;;;;;/q;;+2;3*+1;5*-1. The second kappa shape index (κ2) is 17.5. The van der Waals surface area contributed by atoms with Gasteiger partial charge in [0, 0.05) is 0 Å². The molecule has 0 aliphatic heterocycles. The van der Waals surface area contributed by atoms with E-state index in [9.17, 15) is 14.4 Å². The molecule has 18 heavy (non-hydrogen) atoms. The van der Waals surface area contributed by atoms with Gasteiger partial charge < -0.3 is 27.6 Å². The van der Waals surface area contributed by atoms with Crippen molar-refractivity contribution in [3.63, 3.8) is 0 Å². The van der Waals surface area contributed by atoms with Gasteiger partial charge in [0.1, 0.15) is 0 Å². The average molecular weight is 327 g/mol. The third-order valence-corrected chi connectivity index (χ3v) is 1.29. The normalized spacial score (nSPS) is 7.83. The van der Waals surface area contributed by atoms with Crippen LogP contribution in [0, 0.1) is 0 Å². The molecule has 0 aromatic heterocycles. The van der Waals surface area contributed by atoms with Crippen molar-refractivity contribution in [1.82, 2.24) is 0 Å². The van der Waals surface area contributed by atoms with Crippen molar-refractivity contribution in [3.05, 3.63) is 0 Å². The van der Waals surface area contributed by atoms with E-state index in [1.807, 2.05) is 0 Å². The Kier molecular flexibility index (Phi) is 36.0. The van der Waals surface area contributed by atoms with Gasteiger partial charge in [0.25, 0.3) is 0 Å². The summed E-state index contributed by atoms with van der Waals surface area (Å²) in [5.41, 5.74) is -2.74. The molecule has 0 aromatic carbocycles. The van der Waals surface area contributed by atoms with Crippen LogP contribution in [0.2, 0.25) is 0 Å².